The third kappa shape index (κ3) is 8.57. The van der Waals surface area contributed by atoms with Crippen LogP contribution >= 0.6 is 0 Å². The fourth-order valence-corrected chi connectivity index (χ4v) is 4.04. The zero-order valence-corrected chi connectivity index (χ0v) is 22.6. The Kier molecular flexibility index (Phi) is 11.9. The van der Waals surface area contributed by atoms with E-state index >= 15 is 0 Å². The average molecular weight is 512 g/mol. The van der Waals surface area contributed by atoms with Crippen molar-refractivity contribution < 1.29 is 24.1 Å². The Morgan fingerprint density at radius 3 is 2.49 bits per heavy atom. The second kappa shape index (κ2) is 15.4. The summed E-state index contributed by atoms with van der Waals surface area (Å²) in [7, 11) is 3.32. The molecule has 202 valence electrons. The number of aliphatic hydroxyl groups excluding tert-OH is 1. The second-order valence-electron chi connectivity index (χ2n) is 8.92. The van der Waals surface area contributed by atoms with Crippen LogP contribution in [0.3, 0.4) is 0 Å². The summed E-state index contributed by atoms with van der Waals surface area (Å²) in [5, 5.41) is 15.6. The highest BCUT2D eigenvalue weighted by Crippen LogP contribution is 2.33. The number of aryl methyl sites for hydroxylation is 1. The van der Waals surface area contributed by atoms with Gasteiger partial charge in [0.15, 0.2) is 0 Å². The third-order valence-electron chi connectivity index (χ3n) is 6.03. The lowest BCUT2D eigenvalue weighted by atomic mass is 10.1. The molecule has 1 atom stereocenters. The predicted molar refractivity (Wildman–Crippen MR) is 145 cm³/mol. The fourth-order valence-electron chi connectivity index (χ4n) is 4.04. The summed E-state index contributed by atoms with van der Waals surface area (Å²) in [6, 6.07) is 17.5. The van der Waals surface area contributed by atoms with Gasteiger partial charge in [-0.2, -0.15) is 5.10 Å². The van der Waals surface area contributed by atoms with Gasteiger partial charge in [-0.05, 0) is 37.1 Å². The van der Waals surface area contributed by atoms with Crippen molar-refractivity contribution in [3.8, 4) is 23.1 Å². The van der Waals surface area contributed by atoms with Crippen LogP contribution in [0.5, 0.6) is 17.4 Å². The largest absolute Gasteiger partial charge is 0.497 e. The summed E-state index contributed by atoms with van der Waals surface area (Å²) in [4.78, 5) is 2.17. The monoisotopic (exact) mass is 511 g/mol. The Morgan fingerprint density at radius 2 is 1.78 bits per heavy atom. The highest BCUT2D eigenvalue weighted by molar-refractivity contribution is 5.44. The molecular formula is C29H41N3O5. The van der Waals surface area contributed by atoms with Gasteiger partial charge in [0, 0.05) is 39.4 Å². The fraction of sp³-hybridized carbons (Fsp3) is 0.483. The minimum Gasteiger partial charge on any atom is -0.497 e. The molecule has 1 heterocycles. The van der Waals surface area contributed by atoms with Crippen molar-refractivity contribution >= 4 is 0 Å². The van der Waals surface area contributed by atoms with Crippen molar-refractivity contribution in [3.63, 3.8) is 0 Å². The van der Waals surface area contributed by atoms with Gasteiger partial charge in [0.2, 0.25) is 5.88 Å². The van der Waals surface area contributed by atoms with E-state index in [2.05, 4.69) is 18.7 Å². The molecule has 0 saturated heterocycles. The zero-order valence-electron chi connectivity index (χ0n) is 22.6. The molecule has 0 fully saturated rings. The first-order valence-electron chi connectivity index (χ1n) is 13.0. The number of hydrogen-bond donors (Lipinski definition) is 1. The van der Waals surface area contributed by atoms with Crippen LogP contribution in [0.4, 0.5) is 0 Å². The van der Waals surface area contributed by atoms with Gasteiger partial charge < -0.3 is 24.1 Å². The lowest BCUT2D eigenvalue weighted by Gasteiger charge is -2.25. The van der Waals surface area contributed by atoms with Crippen LogP contribution in [0.25, 0.3) is 5.69 Å². The van der Waals surface area contributed by atoms with Crippen molar-refractivity contribution in [1.29, 1.82) is 0 Å². The van der Waals surface area contributed by atoms with Crippen LogP contribution in [-0.4, -0.2) is 73.0 Å². The molecule has 1 N–H and O–H groups in total. The molecule has 0 bridgehead atoms. The standard InChI is InChI=1S/C29H41N3O5/c1-5-7-17-36-22-24(33)20-31(16-18-34-3)21-27-28(6-2)30-32(23-12-9-8-10-13-23)29(27)37-26-15-11-14-25(19-26)35-4/h8-15,19,24,33H,5-7,16-18,20-22H2,1-4H3/t24-/m1/s1. The van der Waals surface area contributed by atoms with Crippen molar-refractivity contribution in [2.45, 2.75) is 45.8 Å². The van der Waals surface area contributed by atoms with E-state index in [-0.39, 0.29) is 0 Å². The van der Waals surface area contributed by atoms with E-state index in [9.17, 15) is 5.11 Å². The average Bonchev–Trinajstić information content (AvgIpc) is 3.27. The quantitative estimate of drug-likeness (QED) is 0.259. The topological polar surface area (TPSA) is 78.2 Å². The maximum absolute atomic E-state index is 10.7. The van der Waals surface area contributed by atoms with Crippen LogP contribution in [0.15, 0.2) is 54.6 Å². The summed E-state index contributed by atoms with van der Waals surface area (Å²) < 4.78 is 24.8. The maximum atomic E-state index is 10.7. The number of nitrogens with zero attached hydrogens (tertiary/aromatic N) is 3. The number of ether oxygens (including phenoxy) is 4. The number of aromatic nitrogens is 2. The molecule has 0 aliphatic carbocycles. The highest BCUT2D eigenvalue weighted by Gasteiger charge is 2.24. The zero-order chi connectivity index (χ0) is 26.5. The Labute approximate surface area is 220 Å². The highest BCUT2D eigenvalue weighted by atomic mass is 16.5. The minimum absolute atomic E-state index is 0.306. The van der Waals surface area contributed by atoms with Crippen molar-refractivity contribution in [1.82, 2.24) is 14.7 Å². The first-order valence-corrected chi connectivity index (χ1v) is 13.0. The van der Waals surface area contributed by atoms with E-state index in [1.54, 1.807) is 14.2 Å². The second-order valence-corrected chi connectivity index (χ2v) is 8.92. The summed E-state index contributed by atoms with van der Waals surface area (Å²) in [6.45, 7) is 7.38. The lowest BCUT2D eigenvalue weighted by Crippen LogP contribution is -2.36. The van der Waals surface area contributed by atoms with Crippen molar-refractivity contribution in [2.24, 2.45) is 0 Å². The van der Waals surface area contributed by atoms with E-state index in [4.69, 9.17) is 24.0 Å². The first-order chi connectivity index (χ1) is 18.1. The molecule has 0 amide bonds. The molecule has 0 spiro atoms. The maximum Gasteiger partial charge on any atom is 0.227 e. The molecule has 0 saturated carbocycles. The molecule has 8 heteroatoms. The number of hydrogen-bond acceptors (Lipinski definition) is 7. The molecule has 0 aliphatic heterocycles. The molecule has 3 rings (SSSR count). The molecular weight excluding hydrogens is 470 g/mol. The smallest absolute Gasteiger partial charge is 0.227 e. The molecule has 37 heavy (non-hydrogen) atoms. The number of rotatable bonds is 17. The Bertz CT molecular complexity index is 1060. The van der Waals surface area contributed by atoms with Gasteiger partial charge in [-0.1, -0.05) is 44.5 Å². The lowest BCUT2D eigenvalue weighted by molar-refractivity contribution is 0.0100. The van der Waals surface area contributed by atoms with Crippen LogP contribution in [0.2, 0.25) is 0 Å². The molecule has 0 radical (unpaired) electrons. The van der Waals surface area contributed by atoms with Crippen molar-refractivity contribution in [2.75, 3.05) is 47.1 Å². The van der Waals surface area contributed by atoms with Crippen LogP contribution < -0.4 is 9.47 Å². The Morgan fingerprint density at radius 1 is 1.00 bits per heavy atom. The van der Waals surface area contributed by atoms with Gasteiger partial charge in [0.1, 0.15) is 11.5 Å². The third-order valence-corrected chi connectivity index (χ3v) is 6.03. The molecule has 1 aromatic heterocycles. The number of para-hydroxylation sites is 1. The molecule has 0 unspecified atom stereocenters. The van der Waals surface area contributed by atoms with E-state index in [0.717, 1.165) is 36.2 Å². The Hall–Kier alpha value is -2.91. The van der Waals surface area contributed by atoms with E-state index < -0.39 is 6.10 Å². The van der Waals surface area contributed by atoms with Crippen LogP contribution in [0, 0.1) is 0 Å². The number of methoxy groups -OCH3 is 2. The van der Waals surface area contributed by atoms with E-state index in [1.807, 2.05) is 59.3 Å². The first kappa shape index (κ1) is 28.7. The summed E-state index contributed by atoms with van der Waals surface area (Å²) in [6.07, 6.45) is 2.19. The normalized spacial score (nSPS) is 12.2. The predicted octanol–water partition coefficient (Wildman–Crippen LogP) is 4.86. The minimum atomic E-state index is -0.606. The number of aliphatic hydroxyl groups is 1. The molecule has 2 aromatic carbocycles. The molecule has 3 aromatic rings. The van der Waals surface area contributed by atoms with Gasteiger partial charge >= 0.3 is 0 Å². The van der Waals surface area contributed by atoms with Crippen molar-refractivity contribution in [3.05, 3.63) is 65.9 Å². The van der Waals surface area contributed by atoms with Gasteiger partial charge in [0.05, 0.1) is 43.4 Å². The van der Waals surface area contributed by atoms with Gasteiger partial charge in [-0.25, -0.2) is 4.68 Å². The van der Waals surface area contributed by atoms with Crippen LogP contribution in [-0.2, 0) is 22.4 Å². The number of unbranched alkanes of at least 4 members (excludes halogenated alkanes) is 1. The number of benzene rings is 2. The van der Waals surface area contributed by atoms with Gasteiger partial charge in [-0.3, -0.25) is 4.90 Å². The summed E-state index contributed by atoms with van der Waals surface area (Å²) in [5.74, 6) is 2.02. The Balaban J connectivity index is 1.93. The van der Waals surface area contributed by atoms with E-state index in [0.29, 0.717) is 56.8 Å². The van der Waals surface area contributed by atoms with Crippen LogP contribution in [0.1, 0.15) is 37.9 Å². The summed E-state index contributed by atoms with van der Waals surface area (Å²) in [5.41, 5.74) is 2.83. The molecule has 0 aliphatic rings. The SMILES string of the molecule is CCCCOC[C@H](O)CN(CCOC)Cc1c(CC)nn(-c2ccccc2)c1Oc1cccc(OC)c1. The van der Waals surface area contributed by atoms with E-state index in [1.165, 1.54) is 0 Å². The summed E-state index contributed by atoms with van der Waals surface area (Å²) >= 11 is 0. The van der Waals surface area contributed by atoms with Gasteiger partial charge in [-0.15, -0.1) is 0 Å². The van der Waals surface area contributed by atoms with Gasteiger partial charge in [0.25, 0.3) is 0 Å². The molecule has 8 nitrogen and oxygen atoms in total.